The second kappa shape index (κ2) is 5.29. The first-order valence-electron chi connectivity index (χ1n) is 7.26. The van der Waals surface area contributed by atoms with Crippen LogP contribution in [0.25, 0.3) is 5.65 Å². The lowest BCUT2D eigenvalue weighted by Crippen LogP contribution is -2.31. The lowest BCUT2D eigenvalue weighted by Gasteiger charge is -2.20. The molecule has 0 amide bonds. The Morgan fingerprint density at radius 2 is 2.21 bits per heavy atom. The Morgan fingerprint density at radius 3 is 3.00 bits per heavy atom. The van der Waals surface area contributed by atoms with E-state index in [0.29, 0.717) is 6.04 Å². The van der Waals surface area contributed by atoms with Gasteiger partial charge in [0, 0.05) is 36.6 Å². The molecule has 1 unspecified atom stereocenters. The molecule has 1 fully saturated rings. The summed E-state index contributed by atoms with van der Waals surface area (Å²) in [6, 6.07) is 2.59. The highest BCUT2D eigenvalue weighted by molar-refractivity contribution is 5.38. The SMILES string of the molecule is Cc1cc2ncc(CNC(C)C3CCCC3)cn2n1. The van der Waals surface area contributed by atoms with Gasteiger partial charge in [0.05, 0.1) is 5.69 Å². The maximum absolute atomic E-state index is 4.44. The zero-order valence-electron chi connectivity index (χ0n) is 11.8. The number of hydrogen-bond acceptors (Lipinski definition) is 3. The van der Waals surface area contributed by atoms with E-state index in [-0.39, 0.29) is 0 Å². The van der Waals surface area contributed by atoms with Crippen LogP contribution in [0.5, 0.6) is 0 Å². The maximum Gasteiger partial charge on any atom is 0.155 e. The second-order valence-corrected chi connectivity index (χ2v) is 5.76. The van der Waals surface area contributed by atoms with E-state index in [1.165, 1.54) is 31.2 Å². The van der Waals surface area contributed by atoms with E-state index < -0.39 is 0 Å². The van der Waals surface area contributed by atoms with Gasteiger partial charge in [0.1, 0.15) is 0 Å². The number of aryl methyl sites for hydroxylation is 1. The third-order valence-corrected chi connectivity index (χ3v) is 4.22. The molecule has 1 atom stereocenters. The molecule has 0 aliphatic heterocycles. The van der Waals surface area contributed by atoms with Gasteiger partial charge in [-0.15, -0.1) is 0 Å². The van der Waals surface area contributed by atoms with E-state index in [1.54, 1.807) is 0 Å². The van der Waals surface area contributed by atoms with Crippen LogP contribution in [0.4, 0.5) is 0 Å². The molecule has 3 rings (SSSR count). The molecule has 2 aromatic heterocycles. The van der Waals surface area contributed by atoms with Crippen LogP contribution in [0.15, 0.2) is 18.5 Å². The Balaban J connectivity index is 1.64. The van der Waals surface area contributed by atoms with Gasteiger partial charge in [0.2, 0.25) is 0 Å². The molecule has 0 saturated heterocycles. The molecular formula is C15H22N4. The number of aromatic nitrogens is 3. The van der Waals surface area contributed by atoms with Crippen molar-refractivity contribution < 1.29 is 0 Å². The van der Waals surface area contributed by atoms with Gasteiger partial charge < -0.3 is 5.32 Å². The molecule has 4 nitrogen and oxygen atoms in total. The van der Waals surface area contributed by atoms with Crippen molar-refractivity contribution in [3.63, 3.8) is 0 Å². The molecule has 1 aliphatic rings. The van der Waals surface area contributed by atoms with Gasteiger partial charge in [-0.2, -0.15) is 5.10 Å². The molecule has 0 aromatic carbocycles. The fourth-order valence-corrected chi connectivity index (χ4v) is 3.03. The number of nitrogens with one attached hydrogen (secondary N) is 1. The lowest BCUT2D eigenvalue weighted by atomic mass is 10.00. The smallest absolute Gasteiger partial charge is 0.155 e. The average Bonchev–Trinajstić information content (AvgIpc) is 3.03. The van der Waals surface area contributed by atoms with E-state index in [0.717, 1.165) is 23.8 Å². The molecule has 0 spiro atoms. The highest BCUT2D eigenvalue weighted by Crippen LogP contribution is 2.27. The van der Waals surface area contributed by atoms with Crippen molar-refractivity contribution in [1.29, 1.82) is 0 Å². The van der Waals surface area contributed by atoms with Crippen LogP contribution < -0.4 is 5.32 Å². The van der Waals surface area contributed by atoms with E-state index in [4.69, 9.17) is 0 Å². The van der Waals surface area contributed by atoms with Crippen LogP contribution >= 0.6 is 0 Å². The largest absolute Gasteiger partial charge is 0.310 e. The molecule has 1 aliphatic carbocycles. The van der Waals surface area contributed by atoms with Crippen molar-refractivity contribution in [1.82, 2.24) is 19.9 Å². The summed E-state index contributed by atoms with van der Waals surface area (Å²) in [4.78, 5) is 4.44. The molecule has 102 valence electrons. The molecule has 4 heteroatoms. The topological polar surface area (TPSA) is 42.2 Å². The molecular weight excluding hydrogens is 236 g/mol. The van der Waals surface area contributed by atoms with Crippen molar-refractivity contribution in [3.8, 4) is 0 Å². The molecule has 19 heavy (non-hydrogen) atoms. The summed E-state index contributed by atoms with van der Waals surface area (Å²) in [6.07, 6.45) is 9.58. The summed E-state index contributed by atoms with van der Waals surface area (Å²) in [7, 11) is 0. The van der Waals surface area contributed by atoms with Gasteiger partial charge in [-0.3, -0.25) is 0 Å². The molecule has 1 N–H and O–H groups in total. The predicted octanol–water partition coefficient (Wildman–Crippen LogP) is 2.71. The van der Waals surface area contributed by atoms with Gasteiger partial charge >= 0.3 is 0 Å². The minimum absolute atomic E-state index is 0.595. The Morgan fingerprint density at radius 1 is 1.42 bits per heavy atom. The number of fused-ring (bicyclic) bond motifs is 1. The van der Waals surface area contributed by atoms with E-state index in [9.17, 15) is 0 Å². The minimum atomic E-state index is 0.595. The van der Waals surface area contributed by atoms with Crippen LogP contribution in [-0.4, -0.2) is 20.6 Å². The van der Waals surface area contributed by atoms with Gasteiger partial charge in [0.25, 0.3) is 0 Å². The van der Waals surface area contributed by atoms with Crippen LogP contribution in [0.2, 0.25) is 0 Å². The summed E-state index contributed by atoms with van der Waals surface area (Å²) in [6.45, 7) is 5.17. The molecule has 0 bridgehead atoms. The fourth-order valence-electron chi connectivity index (χ4n) is 3.03. The lowest BCUT2D eigenvalue weighted by molar-refractivity contribution is 0.380. The molecule has 1 saturated carbocycles. The van der Waals surface area contributed by atoms with Gasteiger partial charge in [-0.05, 0) is 32.6 Å². The second-order valence-electron chi connectivity index (χ2n) is 5.76. The van der Waals surface area contributed by atoms with Crippen LogP contribution in [0, 0.1) is 12.8 Å². The first-order chi connectivity index (χ1) is 9.22. The van der Waals surface area contributed by atoms with Crippen molar-refractivity contribution in [2.45, 2.75) is 52.1 Å². The summed E-state index contributed by atoms with van der Waals surface area (Å²) < 4.78 is 1.87. The highest BCUT2D eigenvalue weighted by atomic mass is 15.2. The summed E-state index contributed by atoms with van der Waals surface area (Å²) >= 11 is 0. The van der Waals surface area contributed by atoms with Crippen LogP contribution in [0.1, 0.15) is 43.9 Å². The van der Waals surface area contributed by atoms with E-state index in [2.05, 4.69) is 28.5 Å². The van der Waals surface area contributed by atoms with Crippen molar-refractivity contribution in [2.75, 3.05) is 0 Å². The zero-order valence-corrected chi connectivity index (χ0v) is 11.8. The fraction of sp³-hybridized carbons (Fsp3) is 0.600. The highest BCUT2D eigenvalue weighted by Gasteiger charge is 2.20. The van der Waals surface area contributed by atoms with Crippen molar-refractivity contribution in [2.24, 2.45) is 5.92 Å². The summed E-state index contributed by atoms with van der Waals surface area (Å²) in [5.74, 6) is 0.851. The summed E-state index contributed by atoms with van der Waals surface area (Å²) in [5, 5.41) is 8.04. The maximum atomic E-state index is 4.44. The number of hydrogen-bond donors (Lipinski definition) is 1. The Labute approximate surface area is 114 Å². The predicted molar refractivity (Wildman–Crippen MR) is 76.0 cm³/mol. The van der Waals surface area contributed by atoms with Crippen LogP contribution in [-0.2, 0) is 6.54 Å². The third kappa shape index (κ3) is 2.78. The Bertz CT molecular complexity index is 554. The average molecular weight is 258 g/mol. The molecule has 2 heterocycles. The van der Waals surface area contributed by atoms with Gasteiger partial charge in [0.15, 0.2) is 5.65 Å². The zero-order chi connectivity index (χ0) is 13.2. The molecule has 0 radical (unpaired) electrons. The first kappa shape index (κ1) is 12.6. The van der Waals surface area contributed by atoms with Crippen molar-refractivity contribution in [3.05, 3.63) is 29.7 Å². The Hall–Kier alpha value is -1.42. The third-order valence-electron chi connectivity index (χ3n) is 4.22. The van der Waals surface area contributed by atoms with Gasteiger partial charge in [-0.1, -0.05) is 12.8 Å². The van der Waals surface area contributed by atoms with E-state index in [1.807, 2.05) is 23.7 Å². The standard InChI is InChI=1S/C15H22N4/c1-11-7-15-17-9-13(10-19(15)18-11)8-16-12(2)14-5-3-4-6-14/h7,9-10,12,14,16H,3-6,8H2,1-2H3. The Kier molecular flexibility index (Phi) is 3.51. The minimum Gasteiger partial charge on any atom is -0.310 e. The first-order valence-corrected chi connectivity index (χ1v) is 7.26. The van der Waals surface area contributed by atoms with Gasteiger partial charge in [-0.25, -0.2) is 9.50 Å². The number of nitrogens with zero attached hydrogens (tertiary/aromatic N) is 3. The monoisotopic (exact) mass is 258 g/mol. The molecule has 2 aromatic rings. The van der Waals surface area contributed by atoms with E-state index >= 15 is 0 Å². The van der Waals surface area contributed by atoms with Crippen molar-refractivity contribution >= 4 is 5.65 Å². The number of rotatable bonds is 4. The quantitative estimate of drug-likeness (QED) is 0.917. The summed E-state index contributed by atoms with van der Waals surface area (Å²) in [5.41, 5.74) is 3.13. The normalized spacial score (nSPS) is 18.2. The van der Waals surface area contributed by atoms with Crippen LogP contribution in [0.3, 0.4) is 0 Å².